The molecule has 1 atom stereocenters. The molecule has 0 radical (unpaired) electrons. The highest BCUT2D eigenvalue weighted by Gasteiger charge is 2.19. The fourth-order valence-corrected chi connectivity index (χ4v) is 1.78. The van der Waals surface area contributed by atoms with E-state index in [1.54, 1.807) is 11.9 Å². The van der Waals surface area contributed by atoms with E-state index in [-0.39, 0.29) is 12.5 Å². The minimum Gasteiger partial charge on any atom is -0.370 e. The molecule has 0 aliphatic heterocycles. The zero-order chi connectivity index (χ0) is 13.5. The topological polar surface area (TPSA) is 55.6 Å². The monoisotopic (exact) mass is 250 g/mol. The summed E-state index contributed by atoms with van der Waals surface area (Å²) in [4.78, 5) is 13.6. The van der Waals surface area contributed by atoms with E-state index >= 15 is 0 Å². The average Bonchev–Trinajstić information content (AvgIpc) is 2.40. The van der Waals surface area contributed by atoms with E-state index in [1.807, 2.05) is 12.1 Å². The Hall–Kier alpha value is -1.39. The molecule has 1 rings (SSSR count). The maximum atomic E-state index is 12.0. The summed E-state index contributed by atoms with van der Waals surface area (Å²) >= 11 is 0. The van der Waals surface area contributed by atoms with Gasteiger partial charge in [0, 0.05) is 27.2 Å². The zero-order valence-electron chi connectivity index (χ0n) is 11.3. The molecule has 4 heteroatoms. The quantitative estimate of drug-likeness (QED) is 0.825. The summed E-state index contributed by atoms with van der Waals surface area (Å²) in [6.07, 6.45) is 0.471. The van der Waals surface area contributed by atoms with Crippen molar-refractivity contribution in [2.75, 3.05) is 20.7 Å². The molecule has 4 nitrogen and oxygen atoms in total. The van der Waals surface area contributed by atoms with E-state index < -0.39 is 6.10 Å². The molecule has 1 unspecified atom stereocenters. The third kappa shape index (κ3) is 3.82. The third-order valence-electron chi connectivity index (χ3n) is 3.00. The van der Waals surface area contributed by atoms with Crippen molar-refractivity contribution in [3.8, 4) is 0 Å². The highest BCUT2D eigenvalue weighted by atomic mass is 16.5. The van der Waals surface area contributed by atoms with Crippen LogP contribution in [-0.4, -0.2) is 37.6 Å². The first-order valence-corrected chi connectivity index (χ1v) is 6.18. The minimum atomic E-state index is -0.551. The number of likely N-dealkylation sites (N-methyl/N-ethyl adjacent to an activating group) is 1. The number of ether oxygens (including phenoxy) is 1. The van der Waals surface area contributed by atoms with Crippen LogP contribution >= 0.6 is 0 Å². The van der Waals surface area contributed by atoms with Crippen molar-refractivity contribution in [1.29, 1.82) is 0 Å². The molecule has 2 N–H and O–H groups in total. The lowest BCUT2D eigenvalue weighted by atomic mass is 10.1. The summed E-state index contributed by atoms with van der Waals surface area (Å²) in [6, 6.07) is 8.27. The van der Waals surface area contributed by atoms with Crippen molar-refractivity contribution in [2.24, 2.45) is 5.73 Å². The molecule has 0 saturated heterocycles. The summed E-state index contributed by atoms with van der Waals surface area (Å²) in [6.45, 7) is 2.90. The molecule has 0 spiro atoms. The van der Waals surface area contributed by atoms with Gasteiger partial charge in [-0.3, -0.25) is 4.79 Å². The average molecular weight is 250 g/mol. The van der Waals surface area contributed by atoms with Crippen LogP contribution in [0.4, 0.5) is 0 Å². The highest BCUT2D eigenvalue weighted by molar-refractivity contribution is 5.80. The van der Waals surface area contributed by atoms with Crippen LogP contribution in [0.15, 0.2) is 24.3 Å². The van der Waals surface area contributed by atoms with Gasteiger partial charge < -0.3 is 15.4 Å². The maximum absolute atomic E-state index is 12.0. The van der Waals surface area contributed by atoms with E-state index in [1.165, 1.54) is 12.7 Å². The summed E-state index contributed by atoms with van der Waals surface area (Å²) < 4.78 is 5.04. The van der Waals surface area contributed by atoms with Crippen molar-refractivity contribution < 1.29 is 9.53 Å². The molecule has 0 aliphatic carbocycles. The lowest BCUT2D eigenvalue weighted by Gasteiger charge is -2.22. The highest BCUT2D eigenvalue weighted by Crippen LogP contribution is 2.08. The predicted molar refractivity (Wildman–Crippen MR) is 72.1 cm³/mol. The molecule has 1 aromatic rings. The predicted octanol–water partition coefficient (Wildman–Crippen LogP) is 1.18. The number of benzene rings is 1. The molecule has 18 heavy (non-hydrogen) atoms. The van der Waals surface area contributed by atoms with Gasteiger partial charge in [-0.2, -0.15) is 0 Å². The second kappa shape index (κ2) is 7.13. The van der Waals surface area contributed by atoms with Crippen molar-refractivity contribution in [1.82, 2.24) is 4.90 Å². The number of carbonyl (C=O) groups is 1. The van der Waals surface area contributed by atoms with Gasteiger partial charge in [0.1, 0.15) is 6.10 Å². The number of carbonyl (C=O) groups excluding carboxylic acids is 1. The van der Waals surface area contributed by atoms with E-state index in [2.05, 4.69) is 19.1 Å². The Balaban J connectivity index is 2.62. The maximum Gasteiger partial charge on any atom is 0.253 e. The number of nitrogens with two attached hydrogens (primary N) is 1. The van der Waals surface area contributed by atoms with Crippen LogP contribution in [0.2, 0.25) is 0 Å². The molecule has 1 aromatic carbocycles. The second-order valence-electron chi connectivity index (χ2n) is 4.32. The van der Waals surface area contributed by atoms with Crippen LogP contribution in [0.25, 0.3) is 0 Å². The van der Waals surface area contributed by atoms with E-state index in [0.717, 1.165) is 12.0 Å². The molecule has 0 saturated carbocycles. The van der Waals surface area contributed by atoms with Gasteiger partial charge in [-0.1, -0.05) is 31.2 Å². The summed E-state index contributed by atoms with van der Waals surface area (Å²) in [5.41, 5.74) is 7.88. The molecule has 0 aromatic heterocycles. The Morgan fingerprint density at radius 1 is 1.33 bits per heavy atom. The Morgan fingerprint density at radius 2 is 1.89 bits per heavy atom. The first kappa shape index (κ1) is 14.7. The van der Waals surface area contributed by atoms with Crippen LogP contribution < -0.4 is 5.73 Å². The Labute approximate surface area is 109 Å². The first-order chi connectivity index (χ1) is 8.62. The fourth-order valence-electron chi connectivity index (χ4n) is 1.78. The number of hydrogen-bond donors (Lipinski definition) is 1. The van der Waals surface area contributed by atoms with E-state index in [4.69, 9.17) is 10.5 Å². The number of methoxy groups -OCH3 is 1. The van der Waals surface area contributed by atoms with Crippen molar-refractivity contribution >= 4 is 5.91 Å². The van der Waals surface area contributed by atoms with Crippen molar-refractivity contribution in [2.45, 2.75) is 26.0 Å². The third-order valence-corrected chi connectivity index (χ3v) is 3.00. The van der Waals surface area contributed by atoms with Crippen LogP contribution in [0.3, 0.4) is 0 Å². The summed E-state index contributed by atoms with van der Waals surface area (Å²) in [5.74, 6) is -0.0837. The van der Waals surface area contributed by atoms with Gasteiger partial charge in [-0.25, -0.2) is 0 Å². The van der Waals surface area contributed by atoms with Gasteiger partial charge in [0.25, 0.3) is 5.91 Å². The first-order valence-electron chi connectivity index (χ1n) is 6.18. The van der Waals surface area contributed by atoms with Crippen LogP contribution in [0, 0.1) is 0 Å². The van der Waals surface area contributed by atoms with Gasteiger partial charge in [0.15, 0.2) is 0 Å². The molecular formula is C14H22N2O2. The number of nitrogens with zero attached hydrogens (tertiary/aromatic N) is 1. The van der Waals surface area contributed by atoms with Gasteiger partial charge in [0.05, 0.1) is 0 Å². The molecule has 0 heterocycles. The fraction of sp³-hybridized carbons (Fsp3) is 0.500. The molecule has 0 bridgehead atoms. The van der Waals surface area contributed by atoms with Gasteiger partial charge in [-0.15, -0.1) is 0 Å². The van der Waals surface area contributed by atoms with E-state index in [0.29, 0.717) is 6.54 Å². The summed E-state index contributed by atoms with van der Waals surface area (Å²) in [7, 11) is 3.26. The van der Waals surface area contributed by atoms with E-state index in [9.17, 15) is 4.79 Å². The Kier molecular flexibility index (Phi) is 5.82. The number of amides is 1. The number of rotatable bonds is 6. The van der Waals surface area contributed by atoms with Gasteiger partial charge in [-0.05, 0) is 17.5 Å². The number of hydrogen-bond acceptors (Lipinski definition) is 3. The number of aryl methyl sites for hydroxylation is 1. The van der Waals surface area contributed by atoms with Crippen molar-refractivity contribution in [3.05, 3.63) is 35.4 Å². The van der Waals surface area contributed by atoms with Crippen LogP contribution in [-0.2, 0) is 22.5 Å². The Morgan fingerprint density at radius 3 is 2.33 bits per heavy atom. The SMILES string of the molecule is CCc1ccc(CN(C)C(=O)C(CN)OC)cc1. The molecule has 0 fully saturated rings. The van der Waals surface area contributed by atoms with Gasteiger partial charge in [0.2, 0.25) is 0 Å². The molecule has 0 aliphatic rings. The van der Waals surface area contributed by atoms with Crippen LogP contribution in [0.5, 0.6) is 0 Å². The van der Waals surface area contributed by atoms with Crippen LogP contribution in [0.1, 0.15) is 18.1 Å². The molecule has 1 amide bonds. The van der Waals surface area contributed by atoms with Gasteiger partial charge >= 0.3 is 0 Å². The normalized spacial score (nSPS) is 12.2. The Bertz CT molecular complexity index is 372. The molecular weight excluding hydrogens is 228 g/mol. The lowest BCUT2D eigenvalue weighted by Crippen LogP contribution is -2.41. The zero-order valence-corrected chi connectivity index (χ0v) is 11.3. The molecule has 100 valence electrons. The second-order valence-corrected chi connectivity index (χ2v) is 4.32. The smallest absolute Gasteiger partial charge is 0.253 e. The standard InChI is InChI=1S/C14H22N2O2/c1-4-11-5-7-12(8-6-11)10-16(2)14(17)13(9-15)18-3/h5-8,13H,4,9-10,15H2,1-3H3. The van der Waals surface area contributed by atoms with Crippen molar-refractivity contribution in [3.63, 3.8) is 0 Å². The summed E-state index contributed by atoms with van der Waals surface area (Å²) in [5, 5.41) is 0. The minimum absolute atomic E-state index is 0.0837. The largest absolute Gasteiger partial charge is 0.370 e. The lowest BCUT2D eigenvalue weighted by molar-refractivity contribution is -0.140.